The maximum absolute atomic E-state index is 13.5. The molecule has 0 unspecified atom stereocenters. The molecule has 0 aromatic heterocycles. The van der Waals surface area contributed by atoms with E-state index >= 15 is 0 Å². The molecule has 5 heteroatoms. The Hall–Kier alpha value is -0.710. The molecule has 2 nitrogen and oxygen atoms in total. The summed E-state index contributed by atoms with van der Waals surface area (Å²) in [6.45, 7) is 0. The van der Waals surface area contributed by atoms with E-state index in [9.17, 15) is 13.9 Å². The van der Waals surface area contributed by atoms with Gasteiger partial charge in [-0.1, -0.05) is 18.9 Å². The van der Waals surface area contributed by atoms with Crippen molar-refractivity contribution in [2.75, 3.05) is 0 Å². The molecule has 2 rings (SSSR count). The lowest BCUT2D eigenvalue weighted by Gasteiger charge is -2.24. The molecule has 1 saturated carbocycles. The van der Waals surface area contributed by atoms with Crippen LogP contribution in [0, 0.1) is 17.6 Å². The smallest absolute Gasteiger partial charge is 0.130 e. The van der Waals surface area contributed by atoms with E-state index in [1.165, 1.54) is 12.1 Å². The maximum atomic E-state index is 13.5. The first kappa shape index (κ1) is 15.3. The van der Waals surface area contributed by atoms with E-state index in [2.05, 4.69) is 0 Å². The molecule has 0 amide bonds. The highest BCUT2D eigenvalue weighted by atomic mass is 35.5. The Bertz CT molecular complexity index is 397. The summed E-state index contributed by atoms with van der Waals surface area (Å²) in [5.74, 6) is -1.18. The van der Waals surface area contributed by atoms with Gasteiger partial charge in [-0.15, -0.1) is 12.4 Å². The third-order valence-electron chi connectivity index (χ3n) is 3.57. The number of hydrogen-bond donors (Lipinski definition) is 2. The number of aliphatic hydroxyl groups excluding tert-OH is 1. The van der Waals surface area contributed by atoms with Crippen molar-refractivity contribution < 1.29 is 13.9 Å². The van der Waals surface area contributed by atoms with Crippen molar-refractivity contribution >= 4 is 12.4 Å². The average molecular weight is 278 g/mol. The number of rotatable bonds is 3. The van der Waals surface area contributed by atoms with Gasteiger partial charge in [0.15, 0.2) is 0 Å². The summed E-state index contributed by atoms with van der Waals surface area (Å²) in [7, 11) is 0. The Morgan fingerprint density at radius 1 is 1.22 bits per heavy atom. The van der Waals surface area contributed by atoms with Gasteiger partial charge >= 0.3 is 0 Å². The van der Waals surface area contributed by atoms with Crippen molar-refractivity contribution in [3.8, 4) is 0 Å². The van der Waals surface area contributed by atoms with Crippen LogP contribution >= 0.6 is 12.4 Å². The predicted molar refractivity (Wildman–Crippen MR) is 68.5 cm³/mol. The van der Waals surface area contributed by atoms with Crippen LogP contribution in [0.1, 0.15) is 37.3 Å². The quantitative estimate of drug-likeness (QED) is 0.892. The Balaban J connectivity index is 0.00000162. The summed E-state index contributed by atoms with van der Waals surface area (Å²) in [4.78, 5) is 0. The molecule has 3 N–H and O–H groups in total. The summed E-state index contributed by atoms with van der Waals surface area (Å²) in [5.41, 5.74) is 6.04. The van der Waals surface area contributed by atoms with E-state index in [1.807, 2.05) is 0 Å². The van der Waals surface area contributed by atoms with Crippen molar-refractivity contribution in [3.63, 3.8) is 0 Å². The first-order valence-corrected chi connectivity index (χ1v) is 5.98. The SMILES string of the molecule is Cl.N[C@@H](c1ccc(F)cc1F)[C@H](O)C1CCCC1. The summed E-state index contributed by atoms with van der Waals surface area (Å²) in [6.07, 6.45) is 3.27. The minimum absolute atomic E-state index is 0. The van der Waals surface area contributed by atoms with Gasteiger partial charge in [0, 0.05) is 11.6 Å². The normalized spacial score (nSPS) is 19.3. The zero-order chi connectivity index (χ0) is 12.4. The zero-order valence-corrected chi connectivity index (χ0v) is 10.8. The van der Waals surface area contributed by atoms with Crippen LogP contribution in [0.2, 0.25) is 0 Å². The van der Waals surface area contributed by atoms with Crippen molar-refractivity contribution in [3.05, 3.63) is 35.4 Å². The number of aliphatic hydroxyl groups is 1. The van der Waals surface area contributed by atoms with Gasteiger partial charge in [0.05, 0.1) is 12.1 Å². The van der Waals surface area contributed by atoms with Crippen LogP contribution < -0.4 is 5.73 Å². The van der Waals surface area contributed by atoms with Crippen molar-refractivity contribution in [1.82, 2.24) is 0 Å². The Kier molecular flexibility index (Phi) is 5.50. The second-order valence-electron chi connectivity index (χ2n) is 4.73. The minimum atomic E-state index is -0.779. The monoisotopic (exact) mass is 277 g/mol. The van der Waals surface area contributed by atoms with Gasteiger partial charge in [0.1, 0.15) is 11.6 Å². The van der Waals surface area contributed by atoms with Crippen LogP contribution in [0.15, 0.2) is 18.2 Å². The largest absolute Gasteiger partial charge is 0.391 e. The molecule has 2 atom stereocenters. The van der Waals surface area contributed by atoms with E-state index in [4.69, 9.17) is 5.73 Å². The Morgan fingerprint density at radius 3 is 2.39 bits per heavy atom. The van der Waals surface area contributed by atoms with Gasteiger partial charge in [-0.3, -0.25) is 0 Å². The van der Waals surface area contributed by atoms with Crippen LogP contribution in [0.25, 0.3) is 0 Å². The molecule has 0 aliphatic heterocycles. The molecule has 0 saturated heterocycles. The van der Waals surface area contributed by atoms with Crippen molar-refractivity contribution in [2.24, 2.45) is 11.7 Å². The number of nitrogens with two attached hydrogens (primary N) is 1. The van der Waals surface area contributed by atoms with Crippen molar-refractivity contribution in [1.29, 1.82) is 0 Å². The molecule has 1 fully saturated rings. The van der Waals surface area contributed by atoms with E-state index in [0.717, 1.165) is 31.7 Å². The molecule has 102 valence electrons. The molecule has 0 bridgehead atoms. The maximum Gasteiger partial charge on any atom is 0.130 e. The molecule has 1 aliphatic carbocycles. The van der Waals surface area contributed by atoms with Crippen LogP contribution in [-0.2, 0) is 0 Å². The third-order valence-corrected chi connectivity index (χ3v) is 3.57. The molecule has 1 aliphatic rings. The molecule has 1 aromatic carbocycles. The minimum Gasteiger partial charge on any atom is -0.391 e. The number of benzene rings is 1. The van der Waals surface area contributed by atoms with Gasteiger partial charge in [-0.2, -0.15) is 0 Å². The van der Waals surface area contributed by atoms with E-state index in [1.54, 1.807) is 0 Å². The lowest BCUT2D eigenvalue weighted by molar-refractivity contribution is 0.0832. The molecule has 0 heterocycles. The number of halogens is 3. The van der Waals surface area contributed by atoms with Gasteiger partial charge in [0.2, 0.25) is 0 Å². The molecular formula is C13H18ClF2NO. The van der Waals surface area contributed by atoms with Gasteiger partial charge in [-0.25, -0.2) is 8.78 Å². The zero-order valence-electron chi connectivity index (χ0n) is 9.98. The lowest BCUT2D eigenvalue weighted by atomic mass is 9.90. The van der Waals surface area contributed by atoms with Crippen LogP contribution in [0.3, 0.4) is 0 Å². The van der Waals surface area contributed by atoms with Crippen molar-refractivity contribution in [2.45, 2.75) is 37.8 Å². The van der Waals surface area contributed by atoms with E-state index in [-0.39, 0.29) is 23.9 Å². The lowest BCUT2D eigenvalue weighted by Crippen LogP contribution is -2.32. The highest BCUT2D eigenvalue weighted by Gasteiger charge is 2.30. The van der Waals surface area contributed by atoms with Crippen LogP contribution in [0.4, 0.5) is 8.78 Å². The fourth-order valence-corrected chi connectivity index (χ4v) is 2.55. The fourth-order valence-electron chi connectivity index (χ4n) is 2.55. The average Bonchev–Trinajstić information content (AvgIpc) is 2.80. The first-order valence-electron chi connectivity index (χ1n) is 5.98. The fraction of sp³-hybridized carbons (Fsp3) is 0.538. The molecule has 1 aromatic rings. The highest BCUT2D eigenvalue weighted by Crippen LogP contribution is 2.33. The second kappa shape index (κ2) is 6.45. The molecule has 0 radical (unpaired) electrons. The summed E-state index contributed by atoms with van der Waals surface area (Å²) in [6, 6.07) is 2.50. The van der Waals surface area contributed by atoms with E-state index < -0.39 is 23.8 Å². The van der Waals surface area contributed by atoms with Crippen LogP contribution in [0.5, 0.6) is 0 Å². The van der Waals surface area contributed by atoms with Gasteiger partial charge in [-0.05, 0) is 24.8 Å². The van der Waals surface area contributed by atoms with E-state index in [0.29, 0.717) is 0 Å². The summed E-state index contributed by atoms with van der Waals surface area (Å²) < 4.78 is 26.3. The third kappa shape index (κ3) is 3.19. The summed E-state index contributed by atoms with van der Waals surface area (Å²) in [5, 5.41) is 10.1. The molecular weight excluding hydrogens is 260 g/mol. The van der Waals surface area contributed by atoms with Gasteiger partial charge in [0.25, 0.3) is 0 Å². The first-order chi connectivity index (χ1) is 8.09. The van der Waals surface area contributed by atoms with Gasteiger partial charge < -0.3 is 10.8 Å². The second-order valence-corrected chi connectivity index (χ2v) is 4.73. The standard InChI is InChI=1S/C13H17F2NO.ClH/c14-9-5-6-10(11(15)7-9)12(16)13(17)8-3-1-2-4-8;/h5-8,12-13,17H,1-4,16H2;1H/t12-,13+;/m0./s1. The number of hydrogen-bond acceptors (Lipinski definition) is 2. The molecule has 0 spiro atoms. The topological polar surface area (TPSA) is 46.2 Å². The summed E-state index contributed by atoms with van der Waals surface area (Å²) >= 11 is 0. The highest BCUT2D eigenvalue weighted by molar-refractivity contribution is 5.85. The predicted octanol–water partition coefficient (Wildman–Crippen LogP) is 2.94. The Labute approximate surface area is 112 Å². The Morgan fingerprint density at radius 2 is 1.83 bits per heavy atom. The van der Waals surface area contributed by atoms with Crippen LogP contribution in [-0.4, -0.2) is 11.2 Å². The molecule has 18 heavy (non-hydrogen) atoms.